The predicted molar refractivity (Wildman–Crippen MR) is 116 cm³/mol. The number of thiazole rings is 1. The number of methoxy groups -OCH3 is 3. The molecule has 0 aliphatic heterocycles. The maximum absolute atomic E-state index is 12.8. The number of aromatic nitrogens is 3. The topological polar surface area (TPSA) is 87.5 Å². The summed E-state index contributed by atoms with van der Waals surface area (Å²) in [5.74, 6) is 2.03. The molecule has 0 fully saturated rings. The van der Waals surface area contributed by atoms with Gasteiger partial charge in [0.25, 0.3) is 5.91 Å². The lowest BCUT2D eigenvalue weighted by molar-refractivity contribution is 0.102. The molecule has 0 bridgehead atoms. The summed E-state index contributed by atoms with van der Waals surface area (Å²) in [7, 11) is 4.70. The second-order valence-electron chi connectivity index (χ2n) is 6.44. The molecule has 0 saturated heterocycles. The van der Waals surface area contributed by atoms with E-state index in [1.165, 1.54) is 18.4 Å². The Morgan fingerprint density at radius 2 is 1.80 bits per heavy atom. The number of nitrogens with zero attached hydrogens (tertiary/aromatic N) is 3. The predicted octanol–water partition coefficient (Wildman–Crippen LogP) is 4.07. The molecule has 9 heteroatoms. The number of carbonyl (C=O) groups excluding carboxylic acids is 1. The smallest absolute Gasteiger partial charge is 0.256 e. The van der Waals surface area contributed by atoms with Crippen LogP contribution in [0.1, 0.15) is 16.1 Å². The standard InChI is InChI=1S/C21H20N4O4S/c1-12-9-19(23-20(26)13-5-8-16(28-3)17(10-13)29-4)25(24-12)21-22-15-7-6-14(27-2)11-18(15)30-21/h5-11H,1-4H3,(H,23,26). The van der Waals surface area contributed by atoms with Crippen LogP contribution in [0.25, 0.3) is 15.3 Å². The van der Waals surface area contributed by atoms with Crippen molar-refractivity contribution in [3.63, 3.8) is 0 Å². The van der Waals surface area contributed by atoms with Crippen LogP contribution in [0, 0.1) is 6.92 Å². The number of rotatable bonds is 6. The van der Waals surface area contributed by atoms with Crippen LogP contribution in [0.4, 0.5) is 5.82 Å². The second-order valence-corrected chi connectivity index (χ2v) is 7.45. The fourth-order valence-electron chi connectivity index (χ4n) is 3.01. The van der Waals surface area contributed by atoms with E-state index in [2.05, 4.69) is 15.4 Å². The van der Waals surface area contributed by atoms with E-state index in [1.807, 2.05) is 25.1 Å². The minimum atomic E-state index is -0.292. The summed E-state index contributed by atoms with van der Waals surface area (Å²) in [5, 5.41) is 8.06. The summed E-state index contributed by atoms with van der Waals surface area (Å²) in [4.78, 5) is 17.5. The Morgan fingerprint density at radius 1 is 1.00 bits per heavy atom. The minimum absolute atomic E-state index is 0.292. The molecular formula is C21H20N4O4S. The summed E-state index contributed by atoms with van der Waals surface area (Å²) in [5.41, 5.74) is 2.03. The Kier molecular flexibility index (Phi) is 5.28. The molecule has 2 aromatic heterocycles. The van der Waals surface area contributed by atoms with E-state index in [9.17, 15) is 4.79 Å². The molecule has 0 aliphatic rings. The first-order chi connectivity index (χ1) is 14.5. The summed E-state index contributed by atoms with van der Waals surface area (Å²) in [6, 6.07) is 12.5. The first-order valence-corrected chi connectivity index (χ1v) is 9.89. The van der Waals surface area contributed by atoms with Crippen molar-refractivity contribution in [3.05, 3.63) is 53.7 Å². The highest BCUT2D eigenvalue weighted by Gasteiger charge is 2.17. The van der Waals surface area contributed by atoms with Gasteiger partial charge >= 0.3 is 0 Å². The van der Waals surface area contributed by atoms with Gasteiger partial charge in [-0.25, -0.2) is 4.98 Å². The van der Waals surface area contributed by atoms with Gasteiger partial charge in [-0.05, 0) is 43.3 Å². The Balaban J connectivity index is 1.66. The summed E-state index contributed by atoms with van der Waals surface area (Å²) in [6.07, 6.45) is 0. The van der Waals surface area contributed by atoms with Crippen molar-refractivity contribution in [1.82, 2.24) is 14.8 Å². The molecule has 0 atom stereocenters. The molecule has 2 heterocycles. The number of nitrogens with one attached hydrogen (secondary N) is 1. The van der Waals surface area contributed by atoms with Crippen molar-refractivity contribution in [1.29, 1.82) is 0 Å². The largest absolute Gasteiger partial charge is 0.497 e. The highest BCUT2D eigenvalue weighted by molar-refractivity contribution is 7.20. The molecule has 0 aliphatic carbocycles. The molecule has 154 valence electrons. The number of carbonyl (C=O) groups is 1. The molecule has 1 amide bonds. The van der Waals surface area contributed by atoms with Crippen LogP contribution in [0.15, 0.2) is 42.5 Å². The van der Waals surface area contributed by atoms with Crippen molar-refractivity contribution in [2.24, 2.45) is 0 Å². The molecule has 0 unspecified atom stereocenters. The molecular weight excluding hydrogens is 404 g/mol. The van der Waals surface area contributed by atoms with Gasteiger partial charge in [0.05, 0.1) is 37.2 Å². The van der Waals surface area contributed by atoms with Gasteiger partial charge in [-0.3, -0.25) is 4.79 Å². The van der Waals surface area contributed by atoms with E-state index in [-0.39, 0.29) is 5.91 Å². The molecule has 4 rings (SSSR count). The lowest BCUT2D eigenvalue weighted by Crippen LogP contribution is -2.15. The Morgan fingerprint density at radius 3 is 2.53 bits per heavy atom. The highest BCUT2D eigenvalue weighted by Crippen LogP contribution is 2.31. The second kappa shape index (κ2) is 8.03. The average molecular weight is 424 g/mol. The molecule has 4 aromatic rings. The van der Waals surface area contributed by atoms with E-state index < -0.39 is 0 Å². The number of anilines is 1. The fraction of sp³-hybridized carbons (Fsp3) is 0.190. The number of hydrogen-bond donors (Lipinski definition) is 1. The number of aryl methyl sites for hydroxylation is 1. The molecule has 0 radical (unpaired) electrons. The van der Waals surface area contributed by atoms with Crippen molar-refractivity contribution < 1.29 is 19.0 Å². The van der Waals surface area contributed by atoms with E-state index in [1.54, 1.807) is 43.2 Å². The van der Waals surface area contributed by atoms with Crippen LogP contribution in [-0.4, -0.2) is 42.0 Å². The zero-order valence-corrected chi connectivity index (χ0v) is 17.7. The van der Waals surface area contributed by atoms with Crippen molar-refractivity contribution in [3.8, 4) is 22.4 Å². The van der Waals surface area contributed by atoms with Crippen LogP contribution < -0.4 is 19.5 Å². The van der Waals surface area contributed by atoms with Gasteiger partial charge in [0.15, 0.2) is 11.5 Å². The zero-order valence-electron chi connectivity index (χ0n) is 16.9. The van der Waals surface area contributed by atoms with Crippen molar-refractivity contribution >= 4 is 33.3 Å². The van der Waals surface area contributed by atoms with E-state index >= 15 is 0 Å². The summed E-state index contributed by atoms with van der Waals surface area (Å²) in [6.45, 7) is 1.86. The molecule has 30 heavy (non-hydrogen) atoms. The maximum Gasteiger partial charge on any atom is 0.256 e. The monoisotopic (exact) mass is 424 g/mol. The normalized spacial score (nSPS) is 10.8. The summed E-state index contributed by atoms with van der Waals surface area (Å²) >= 11 is 1.46. The van der Waals surface area contributed by atoms with Gasteiger partial charge in [0.1, 0.15) is 11.6 Å². The van der Waals surface area contributed by atoms with E-state index in [0.29, 0.717) is 28.0 Å². The third-order valence-corrected chi connectivity index (χ3v) is 5.48. The number of amides is 1. The molecule has 0 saturated carbocycles. The third kappa shape index (κ3) is 3.67. The lowest BCUT2D eigenvalue weighted by Gasteiger charge is -2.10. The van der Waals surface area contributed by atoms with Gasteiger partial charge in [-0.1, -0.05) is 11.3 Å². The fourth-order valence-corrected chi connectivity index (χ4v) is 3.97. The van der Waals surface area contributed by atoms with Crippen LogP contribution in [0.5, 0.6) is 17.2 Å². The quantitative estimate of drug-likeness (QED) is 0.502. The van der Waals surface area contributed by atoms with Crippen molar-refractivity contribution in [2.75, 3.05) is 26.6 Å². The molecule has 0 spiro atoms. The van der Waals surface area contributed by atoms with Crippen LogP contribution in [0.2, 0.25) is 0 Å². The van der Waals surface area contributed by atoms with Gasteiger partial charge in [-0.2, -0.15) is 9.78 Å². The summed E-state index contributed by atoms with van der Waals surface area (Å²) < 4.78 is 18.4. The first kappa shape index (κ1) is 19.7. The van der Waals surface area contributed by atoms with Crippen LogP contribution >= 0.6 is 11.3 Å². The zero-order chi connectivity index (χ0) is 21.3. The average Bonchev–Trinajstić information content (AvgIpc) is 3.35. The SMILES string of the molecule is COc1ccc2nc(-n3nc(C)cc3NC(=O)c3ccc(OC)c(OC)c3)sc2c1. The Labute approximate surface area is 177 Å². The van der Waals surface area contributed by atoms with E-state index in [4.69, 9.17) is 14.2 Å². The van der Waals surface area contributed by atoms with Gasteiger partial charge < -0.3 is 19.5 Å². The maximum atomic E-state index is 12.8. The van der Waals surface area contributed by atoms with E-state index in [0.717, 1.165) is 21.7 Å². The van der Waals surface area contributed by atoms with Crippen LogP contribution in [0.3, 0.4) is 0 Å². The number of benzene rings is 2. The number of ether oxygens (including phenoxy) is 3. The Hall–Kier alpha value is -3.59. The van der Waals surface area contributed by atoms with Crippen molar-refractivity contribution in [2.45, 2.75) is 6.92 Å². The number of fused-ring (bicyclic) bond motifs is 1. The Bertz CT molecular complexity index is 1230. The molecule has 1 N–H and O–H groups in total. The third-order valence-electron chi connectivity index (χ3n) is 4.48. The van der Waals surface area contributed by atoms with Crippen LogP contribution in [-0.2, 0) is 0 Å². The lowest BCUT2D eigenvalue weighted by atomic mass is 10.2. The van der Waals surface area contributed by atoms with Gasteiger partial charge in [0, 0.05) is 11.6 Å². The number of hydrogen-bond acceptors (Lipinski definition) is 7. The molecule has 8 nitrogen and oxygen atoms in total. The van der Waals surface area contributed by atoms with Gasteiger partial charge in [-0.15, -0.1) is 0 Å². The molecule has 2 aromatic carbocycles. The van der Waals surface area contributed by atoms with Gasteiger partial charge in [0.2, 0.25) is 5.13 Å². The minimum Gasteiger partial charge on any atom is -0.497 e. The highest BCUT2D eigenvalue weighted by atomic mass is 32.1. The first-order valence-electron chi connectivity index (χ1n) is 9.07.